The topological polar surface area (TPSA) is 50.4 Å². The third-order valence-electron chi connectivity index (χ3n) is 2.91. The van der Waals surface area contributed by atoms with Crippen LogP contribution >= 0.6 is 11.6 Å². The summed E-state index contributed by atoms with van der Waals surface area (Å²) in [6.45, 7) is 0.152. The molecule has 4 nitrogen and oxygen atoms in total. The molecule has 1 aromatic carbocycles. The van der Waals surface area contributed by atoms with E-state index in [-0.39, 0.29) is 18.6 Å². The van der Waals surface area contributed by atoms with Crippen LogP contribution in [0.25, 0.3) is 0 Å². The lowest BCUT2D eigenvalue weighted by molar-refractivity contribution is -0.119. The number of carbonyl (C=O) groups is 1. The summed E-state index contributed by atoms with van der Waals surface area (Å²) >= 11 is 5.76. The minimum absolute atomic E-state index is 0.129. The Balaban J connectivity index is 1.66. The maximum Gasteiger partial charge on any atom is 0.240 e. The fourth-order valence-electron chi connectivity index (χ4n) is 1.97. The highest BCUT2D eigenvalue weighted by Gasteiger charge is 2.15. The highest BCUT2D eigenvalue weighted by Crippen LogP contribution is 2.19. The molecule has 1 aliphatic carbocycles. The molecule has 0 aromatic heterocycles. The maximum atomic E-state index is 11.6. The number of hydrogen-bond donors (Lipinski definition) is 2. The highest BCUT2D eigenvalue weighted by atomic mass is 35.5. The average Bonchev–Trinajstić information content (AvgIpc) is 2.85. The first-order valence-electron chi connectivity index (χ1n) is 6.18. The van der Waals surface area contributed by atoms with Gasteiger partial charge in [-0.25, -0.2) is 0 Å². The van der Waals surface area contributed by atoms with Crippen molar-refractivity contribution < 1.29 is 9.63 Å². The fraction of sp³-hybridized carbons (Fsp3) is 0.462. The van der Waals surface area contributed by atoms with E-state index in [1.54, 1.807) is 24.3 Å². The van der Waals surface area contributed by atoms with Crippen molar-refractivity contribution in [2.24, 2.45) is 0 Å². The van der Waals surface area contributed by atoms with Gasteiger partial charge in [0, 0.05) is 10.7 Å². The summed E-state index contributed by atoms with van der Waals surface area (Å²) in [4.78, 5) is 17.0. The zero-order chi connectivity index (χ0) is 12.8. The van der Waals surface area contributed by atoms with E-state index >= 15 is 0 Å². The molecular formula is C13H17ClN2O2. The molecule has 1 aliphatic rings. The van der Waals surface area contributed by atoms with E-state index in [2.05, 4.69) is 10.8 Å². The smallest absolute Gasteiger partial charge is 0.240 e. The molecular weight excluding hydrogens is 252 g/mol. The number of benzene rings is 1. The Bertz CT molecular complexity index is 388. The molecule has 98 valence electrons. The standard InChI is InChI=1S/C13H17ClN2O2/c14-10-5-7-11(8-6-10)16-13(17)9-15-18-12-3-1-2-4-12/h5-8,12,15H,1-4,9H2,(H,16,17). The van der Waals surface area contributed by atoms with Crippen molar-refractivity contribution in [2.45, 2.75) is 31.8 Å². The second-order valence-electron chi connectivity index (χ2n) is 4.40. The van der Waals surface area contributed by atoms with Crippen LogP contribution in [-0.4, -0.2) is 18.6 Å². The van der Waals surface area contributed by atoms with E-state index in [4.69, 9.17) is 16.4 Å². The Labute approximate surface area is 112 Å². The number of amides is 1. The van der Waals surface area contributed by atoms with Gasteiger partial charge in [0.05, 0.1) is 6.10 Å². The van der Waals surface area contributed by atoms with Crippen LogP contribution in [-0.2, 0) is 9.63 Å². The molecule has 2 rings (SSSR count). The van der Waals surface area contributed by atoms with E-state index in [0.29, 0.717) is 5.02 Å². The molecule has 2 N–H and O–H groups in total. The van der Waals surface area contributed by atoms with Crippen LogP contribution in [0.5, 0.6) is 0 Å². The van der Waals surface area contributed by atoms with Crippen LogP contribution in [0.4, 0.5) is 5.69 Å². The molecule has 1 fully saturated rings. The molecule has 0 heterocycles. The van der Waals surface area contributed by atoms with Crippen LogP contribution in [0.1, 0.15) is 25.7 Å². The van der Waals surface area contributed by atoms with Gasteiger partial charge in [-0.3, -0.25) is 9.63 Å². The van der Waals surface area contributed by atoms with E-state index in [1.807, 2.05) is 0 Å². The molecule has 1 amide bonds. The van der Waals surface area contributed by atoms with Crippen molar-refractivity contribution in [1.82, 2.24) is 5.48 Å². The summed E-state index contributed by atoms with van der Waals surface area (Å²) < 4.78 is 0. The molecule has 0 spiro atoms. The van der Waals surface area contributed by atoms with Crippen LogP contribution < -0.4 is 10.8 Å². The fourth-order valence-corrected chi connectivity index (χ4v) is 2.10. The quantitative estimate of drug-likeness (QED) is 0.808. The van der Waals surface area contributed by atoms with E-state index < -0.39 is 0 Å². The van der Waals surface area contributed by atoms with Gasteiger partial charge in [-0.1, -0.05) is 24.4 Å². The van der Waals surface area contributed by atoms with Crippen molar-refractivity contribution >= 4 is 23.2 Å². The summed E-state index contributed by atoms with van der Waals surface area (Å²) in [5.41, 5.74) is 3.45. The largest absolute Gasteiger partial charge is 0.325 e. The second-order valence-corrected chi connectivity index (χ2v) is 4.84. The van der Waals surface area contributed by atoms with Crippen LogP contribution in [0.3, 0.4) is 0 Å². The molecule has 0 aliphatic heterocycles. The molecule has 0 atom stereocenters. The number of anilines is 1. The van der Waals surface area contributed by atoms with Gasteiger partial charge in [0.25, 0.3) is 0 Å². The van der Waals surface area contributed by atoms with Gasteiger partial charge in [0.1, 0.15) is 6.54 Å². The first-order chi connectivity index (χ1) is 8.74. The summed E-state index contributed by atoms with van der Waals surface area (Å²) in [6, 6.07) is 7.00. The lowest BCUT2D eigenvalue weighted by atomic mass is 10.3. The molecule has 5 heteroatoms. The van der Waals surface area contributed by atoms with Gasteiger partial charge in [-0.05, 0) is 37.1 Å². The first-order valence-corrected chi connectivity index (χ1v) is 6.56. The Morgan fingerprint density at radius 2 is 1.94 bits per heavy atom. The summed E-state index contributed by atoms with van der Waals surface area (Å²) in [5, 5.41) is 3.40. The third-order valence-corrected chi connectivity index (χ3v) is 3.16. The number of halogens is 1. The number of carbonyl (C=O) groups excluding carboxylic acids is 1. The number of rotatable bonds is 5. The van der Waals surface area contributed by atoms with Gasteiger partial charge in [0.15, 0.2) is 0 Å². The van der Waals surface area contributed by atoms with E-state index in [0.717, 1.165) is 18.5 Å². The van der Waals surface area contributed by atoms with E-state index in [1.165, 1.54) is 12.8 Å². The third kappa shape index (κ3) is 4.29. The van der Waals surface area contributed by atoms with Crippen LogP contribution in [0.15, 0.2) is 24.3 Å². The number of hydrogen-bond acceptors (Lipinski definition) is 3. The predicted octanol–water partition coefficient (Wildman–Crippen LogP) is 2.74. The molecule has 0 bridgehead atoms. The molecule has 1 saturated carbocycles. The van der Waals surface area contributed by atoms with Gasteiger partial charge in [-0.15, -0.1) is 0 Å². The van der Waals surface area contributed by atoms with Gasteiger partial charge < -0.3 is 5.32 Å². The number of nitrogens with one attached hydrogen (secondary N) is 2. The minimum Gasteiger partial charge on any atom is -0.325 e. The van der Waals surface area contributed by atoms with Crippen molar-refractivity contribution in [1.29, 1.82) is 0 Å². The molecule has 0 saturated heterocycles. The predicted molar refractivity (Wildman–Crippen MR) is 71.4 cm³/mol. The minimum atomic E-state index is -0.129. The zero-order valence-corrected chi connectivity index (χ0v) is 10.9. The van der Waals surface area contributed by atoms with Crippen molar-refractivity contribution in [3.8, 4) is 0 Å². The summed E-state index contributed by atoms with van der Waals surface area (Å²) in [7, 11) is 0. The second kappa shape index (κ2) is 6.73. The Hall–Kier alpha value is -1.10. The first kappa shape index (κ1) is 13.3. The lowest BCUT2D eigenvalue weighted by Crippen LogP contribution is -2.31. The van der Waals surface area contributed by atoms with Gasteiger partial charge in [0.2, 0.25) is 5.91 Å². The van der Waals surface area contributed by atoms with E-state index in [9.17, 15) is 4.79 Å². The maximum absolute atomic E-state index is 11.6. The van der Waals surface area contributed by atoms with Crippen molar-refractivity contribution in [3.05, 3.63) is 29.3 Å². The lowest BCUT2D eigenvalue weighted by Gasteiger charge is -2.11. The molecule has 0 unspecified atom stereocenters. The SMILES string of the molecule is O=C(CNOC1CCCC1)Nc1ccc(Cl)cc1. The normalized spacial score (nSPS) is 15.8. The van der Waals surface area contributed by atoms with Gasteiger partial charge >= 0.3 is 0 Å². The number of hydroxylamine groups is 1. The van der Waals surface area contributed by atoms with Crippen molar-refractivity contribution in [3.63, 3.8) is 0 Å². The average molecular weight is 269 g/mol. The molecule has 0 radical (unpaired) electrons. The van der Waals surface area contributed by atoms with Crippen molar-refractivity contribution in [2.75, 3.05) is 11.9 Å². The highest BCUT2D eigenvalue weighted by molar-refractivity contribution is 6.30. The Morgan fingerprint density at radius 3 is 2.61 bits per heavy atom. The Morgan fingerprint density at radius 1 is 1.28 bits per heavy atom. The van der Waals surface area contributed by atoms with Crippen LogP contribution in [0, 0.1) is 0 Å². The summed E-state index contributed by atoms with van der Waals surface area (Å²) in [5.74, 6) is -0.129. The zero-order valence-electron chi connectivity index (χ0n) is 10.1. The molecule has 1 aromatic rings. The molecule has 18 heavy (non-hydrogen) atoms. The monoisotopic (exact) mass is 268 g/mol. The summed E-state index contributed by atoms with van der Waals surface area (Å²) in [6.07, 6.45) is 4.83. The van der Waals surface area contributed by atoms with Crippen LogP contribution in [0.2, 0.25) is 5.02 Å². The Kier molecular flexibility index (Phi) is 4.99. The van der Waals surface area contributed by atoms with Gasteiger partial charge in [-0.2, -0.15) is 5.48 Å².